The van der Waals surface area contributed by atoms with Crippen LogP contribution in [0.3, 0.4) is 0 Å². The van der Waals surface area contributed by atoms with Crippen LogP contribution in [0.25, 0.3) is 0 Å². The van der Waals surface area contributed by atoms with Gasteiger partial charge in [0.25, 0.3) is 0 Å². The van der Waals surface area contributed by atoms with Crippen LogP contribution in [-0.2, 0) is 14.3 Å². The van der Waals surface area contributed by atoms with E-state index >= 15 is 0 Å². The summed E-state index contributed by atoms with van der Waals surface area (Å²) in [5, 5.41) is 5.25. The van der Waals surface area contributed by atoms with Crippen molar-refractivity contribution in [3.05, 3.63) is 0 Å². The third-order valence-electron chi connectivity index (χ3n) is 3.11. The Bertz CT molecular complexity index is 294. The molecular formula is C12H23N3O3. The number of hydrogen-bond acceptors (Lipinski definition) is 4. The van der Waals surface area contributed by atoms with Gasteiger partial charge in [0.05, 0.1) is 19.2 Å². The van der Waals surface area contributed by atoms with Gasteiger partial charge in [-0.2, -0.15) is 0 Å². The molecule has 0 spiro atoms. The highest BCUT2D eigenvalue weighted by atomic mass is 16.5. The first kappa shape index (κ1) is 14.9. The molecule has 0 aromatic carbocycles. The molecule has 6 heteroatoms. The molecule has 0 radical (unpaired) electrons. The number of ether oxygens (including phenoxy) is 1. The molecule has 1 saturated heterocycles. The van der Waals surface area contributed by atoms with Crippen molar-refractivity contribution in [2.75, 3.05) is 26.2 Å². The molecule has 1 aliphatic heterocycles. The third-order valence-corrected chi connectivity index (χ3v) is 3.11. The first-order chi connectivity index (χ1) is 8.54. The largest absolute Gasteiger partial charge is 0.378 e. The third kappa shape index (κ3) is 4.62. The van der Waals surface area contributed by atoms with Gasteiger partial charge in [0.1, 0.15) is 0 Å². The summed E-state index contributed by atoms with van der Waals surface area (Å²) in [6.45, 7) is 5.47. The zero-order chi connectivity index (χ0) is 13.5. The van der Waals surface area contributed by atoms with Crippen molar-refractivity contribution in [1.82, 2.24) is 10.6 Å². The van der Waals surface area contributed by atoms with Crippen molar-refractivity contribution in [1.29, 1.82) is 0 Å². The Morgan fingerprint density at radius 1 is 1.33 bits per heavy atom. The highest BCUT2D eigenvalue weighted by Gasteiger charge is 2.30. The summed E-state index contributed by atoms with van der Waals surface area (Å²) < 4.78 is 5.64. The van der Waals surface area contributed by atoms with E-state index in [-0.39, 0.29) is 31.0 Å². The highest BCUT2D eigenvalue weighted by Crippen LogP contribution is 2.25. The van der Waals surface area contributed by atoms with Gasteiger partial charge < -0.3 is 21.1 Å². The molecule has 104 valence electrons. The summed E-state index contributed by atoms with van der Waals surface area (Å²) in [6.07, 6.45) is 1.18. The topological polar surface area (TPSA) is 93.5 Å². The van der Waals surface area contributed by atoms with E-state index in [2.05, 4.69) is 24.5 Å². The van der Waals surface area contributed by atoms with Gasteiger partial charge in [0.15, 0.2) is 0 Å². The molecule has 0 bridgehead atoms. The van der Waals surface area contributed by atoms with Gasteiger partial charge in [-0.3, -0.25) is 9.59 Å². The predicted molar refractivity (Wildman–Crippen MR) is 67.8 cm³/mol. The lowest BCUT2D eigenvalue weighted by atomic mass is 9.93. The zero-order valence-electron chi connectivity index (χ0n) is 11.1. The fourth-order valence-corrected chi connectivity index (χ4v) is 2.17. The monoisotopic (exact) mass is 257 g/mol. The highest BCUT2D eigenvalue weighted by molar-refractivity contribution is 5.85. The molecule has 2 atom stereocenters. The van der Waals surface area contributed by atoms with Gasteiger partial charge in [0.2, 0.25) is 11.8 Å². The standard InChI is InChI=1S/C12H23N3O3/c1-8(2)12-9(3-4-18-12)6-14-11(17)7-15-10(16)5-13/h8-9,12H,3-7,13H2,1-2H3,(H,14,17)(H,15,16). The Morgan fingerprint density at radius 3 is 2.67 bits per heavy atom. The van der Waals surface area contributed by atoms with Crippen LogP contribution < -0.4 is 16.4 Å². The molecule has 1 aliphatic rings. The van der Waals surface area contributed by atoms with Crippen molar-refractivity contribution < 1.29 is 14.3 Å². The molecule has 0 aromatic heterocycles. The Balaban J connectivity index is 2.23. The maximum absolute atomic E-state index is 11.5. The zero-order valence-corrected chi connectivity index (χ0v) is 11.1. The van der Waals surface area contributed by atoms with E-state index in [9.17, 15) is 9.59 Å². The molecule has 18 heavy (non-hydrogen) atoms. The maximum atomic E-state index is 11.5. The maximum Gasteiger partial charge on any atom is 0.239 e. The van der Waals surface area contributed by atoms with Gasteiger partial charge in [0, 0.05) is 19.1 Å². The fraction of sp³-hybridized carbons (Fsp3) is 0.833. The smallest absolute Gasteiger partial charge is 0.239 e. The summed E-state index contributed by atoms with van der Waals surface area (Å²) in [4.78, 5) is 22.4. The Hall–Kier alpha value is -1.14. The van der Waals surface area contributed by atoms with Gasteiger partial charge >= 0.3 is 0 Å². The second kappa shape index (κ2) is 7.33. The van der Waals surface area contributed by atoms with Crippen LogP contribution in [0.2, 0.25) is 0 Å². The lowest BCUT2D eigenvalue weighted by Gasteiger charge is -2.22. The Morgan fingerprint density at radius 2 is 2.06 bits per heavy atom. The molecule has 1 rings (SSSR count). The molecule has 0 saturated carbocycles. The molecule has 0 aliphatic carbocycles. The van der Waals surface area contributed by atoms with Crippen LogP contribution in [0.15, 0.2) is 0 Å². The predicted octanol–water partition coefficient (Wildman–Crippen LogP) is -0.761. The van der Waals surface area contributed by atoms with Crippen LogP contribution in [0.4, 0.5) is 0 Å². The number of hydrogen-bond donors (Lipinski definition) is 3. The second-order valence-corrected chi connectivity index (χ2v) is 4.91. The van der Waals surface area contributed by atoms with Gasteiger partial charge in [-0.05, 0) is 12.3 Å². The van der Waals surface area contributed by atoms with Crippen molar-refractivity contribution in [2.24, 2.45) is 17.6 Å². The van der Waals surface area contributed by atoms with Gasteiger partial charge in [-0.1, -0.05) is 13.8 Å². The Labute approximate surface area is 108 Å². The number of nitrogens with one attached hydrogen (secondary N) is 2. The van der Waals surface area contributed by atoms with Crippen LogP contribution in [-0.4, -0.2) is 44.2 Å². The van der Waals surface area contributed by atoms with Crippen LogP contribution >= 0.6 is 0 Å². The number of carbonyl (C=O) groups is 2. The molecule has 0 aromatic rings. The first-order valence-corrected chi connectivity index (χ1v) is 6.39. The summed E-state index contributed by atoms with van der Waals surface area (Å²) in [6, 6.07) is 0. The SMILES string of the molecule is CC(C)C1OCCC1CNC(=O)CNC(=O)CN. The Kier molecular flexibility index (Phi) is 6.07. The summed E-state index contributed by atoms with van der Waals surface area (Å²) in [5.74, 6) is 0.297. The van der Waals surface area contributed by atoms with E-state index in [4.69, 9.17) is 10.5 Å². The van der Waals surface area contributed by atoms with Crippen molar-refractivity contribution in [3.8, 4) is 0 Å². The molecule has 6 nitrogen and oxygen atoms in total. The molecule has 1 heterocycles. The number of rotatable bonds is 6. The van der Waals surface area contributed by atoms with E-state index in [1.807, 2.05) is 0 Å². The van der Waals surface area contributed by atoms with Crippen molar-refractivity contribution in [2.45, 2.75) is 26.4 Å². The average molecular weight is 257 g/mol. The van der Waals surface area contributed by atoms with E-state index < -0.39 is 0 Å². The van der Waals surface area contributed by atoms with E-state index in [1.165, 1.54) is 0 Å². The van der Waals surface area contributed by atoms with E-state index in [0.717, 1.165) is 13.0 Å². The minimum absolute atomic E-state index is 0.0179. The minimum atomic E-state index is -0.325. The van der Waals surface area contributed by atoms with Gasteiger partial charge in [-0.25, -0.2) is 0 Å². The normalized spacial score (nSPS) is 23.1. The molecule has 2 amide bonds. The minimum Gasteiger partial charge on any atom is -0.378 e. The molecule has 2 unspecified atom stereocenters. The number of carbonyl (C=O) groups excluding carboxylic acids is 2. The molecule has 1 fully saturated rings. The van der Waals surface area contributed by atoms with Crippen molar-refractivity contribution >= 4 is 11.8 Å². The summed E-state index contributed by atoms with van der Waals surface area (Å²) in [5.41, 5.74) is 5.12. The van der Waals surface area contributed by atoms with Crippen LogP contribution in [0.5, 0.6) is 0 Å². The molecule has 4 N–H and O–H groups in total. The van der Waals surface area contributed by atoms with Gasteiger partial charge in [-0.15, -0.1) is 0 Å². The summed E-state index contributed by atoms with van der Waals surface area (Å²) >= 11 is 0. The molecular weight excluding hydrogens is 234 g/mol. The van der Waals surface area contributed by atoms with Crippen molar-refractivity contribution in [3.63, 3.8) is 0 Å². The number of nitrogens with two attached hydrogens (primary N) is 1. The second-order valence-electron chi connectivity index (χ2n) is 4.91. The summed E-state index contributed by atoms with van der Waals surface area (Å²) in [7, 11) is 0. The van der Waals surface area contributed by atoms with E-state index in [0.29, 0.717) is 18.4 Å². The average Bonchev–Trinajstić information content (AvgIpc) is 2.81. The number of amides is 2. The van der Waals surface area contributed by atoms with Crippen LogP contribution in [0.1, 0.15) is 20.3 Å². The first-order valence-electron chi connectivity index (χ1n) is 6.39. The van der Waals surface area contributed by atoms with Crippen LogP contribution in [0, 0.1) is 11.8 Å². The lowest BCUT2D eigenvalue weighted by Crippen LogP contribution is -2.42. The lowest BCUT2D eigenvalue weighted by molar-refractivity contribution is -0.125. The quantitative estimate of drug-likeness (QED) is 0.583. The van der Waals surface area contributed by atoms with E-state index in [1.54, 1.807) is 0 Å². The fourth-order valence-electron chi connectivity index (χ4n) is 2.17.